The van der Waals surface area contributed by atoms with Gasteiger partial charge in [-0.1, -0.05) is 6.07 Å². The molecule has 1 fully saturated rings. The van der Waals surface area contributed by atoms with E-state index in [1.54, 1.807) is 38.1 Å². The lowest BCUT2D eigenvalue weighted by Gasteiger charge is -2.11. The Bertz CT molecular complexity index is 700. The number of hydrogen-bond donors (Lipinski definition) is 1. The van der Waals surface area contributed by atoms with Crippen LogP contribution in [0.1, 0.15) is 19.4 Å². The van der Waals surface area contributed by atoms with E-state index in [2.05, 4.69) is 0 Å². The van der Waals surface area contributed by atoms with Crippen molar-refractivity contribution >= 4 is 35.0 Å². The molecule has 24 heavy (non-hydrogen) atoms. The molecule has 0 radical (unpaired) electrons. The first-order valence-corrected chi connectivity index (χ1v) is 8.14. The average Bonchev–Trinajstić information content (AvgIpc) is 2.80. The number of rotatable bonds is 7. The summed E-state index contributed by atoms with van der Waals surface area (Å²) in [6, 6.07) is 4.88. The molecule has 1 heterocycles. The van der Waals surface area contributed by atoms with Gasteiger partial charge in [-0.15, -0.1) is 0 Å². The summed E-state index contributed by atoms with van der Waals surface area (Å²) in [5, 5.41) is 8.40. The molecule has 128 valence electrons. The molecule has 1 N–H and O–H groups in total. The van der Waals surface area contributed by atoms with Gasteiger partial charge in [-0.05, 0) is 49.4 Å². The molecular weight excluding hydrogens is 334 g/mol. The topological polar surface area (TPSA) is 93.1 Å². The first-order chi connectivity index (χ1) is 11.5. The van der Waals surface area contributed by atoms with E-state index in [0.717, 1.165) is 11.8 Å². The molecule has 1 aliphatic rings. The Labute approximate surface area is 143 Å². The van der Waals surface area contributed by atoms with E-state index in [1.165, 1.54) is 4.90 Å². The molecule has 0 aliphatic carbocycles. The second-order valence-corrected chi connectivity index (χ2v) is 5.74. The number of benzene rings is 1. The fraction of sp³-hybridized carbons (Fsp3) is 0.312. The highest BCUT2D eigenvalue weighted by atomic mass is 32.2. The number of carbonyl (C=O) groups excluding carboxylic acids is 2. The molecule has 7 nitrogen and oxygen atoms in total. The van der Waals surface area contributed by atoms with Crippen molar-refractivity contribution in [3.63, 3.8) is 0 Å². The highest BCUT2D eigenvalue weighted by molar-refractivity contribution is 8.18. The van der Waals surface area contributed by atoms with Gasteiger partial charge in [0.2, 0.25) is 0 Å². The standard InChI is InChI=1S/C16H17NO6S/c1-3-17-15(20)13(24-16(17)21)8-10-5-6-11(23-9-14(18)19)12(7-10)22-4-2/h5-8H,3-4,9H2,1-2H3,(H,18,19). The number of aliphatic carboxylic acids is 1. The molecular formula is C16H17NO6S. The van der Waals surface area contributed by atoms with E-state index < -0.39 is 12.6 Å². The van der Waals surface area contributed by atoms with Gasteiger partial charge in [0.1, 0.15) is 0 Å². The SMILES string of the molecule is CCOc1cc(C=C2SC(=O)N(CC)C2=O)ccc1OCC(=O)O. The summed E-state index contributed by atoms with van der Waals surface area (Å²) in [6.07, 6.45) is 1.60. The molecule has 0 saturated carbocycles. The predicted molar refractivity (Wildman–Crippen MR) is 89.1 cm³/mol. The number of amides is 2. The Morgan fingerprint density at radius 2 is 2.00 bits per heavy atom. The van der Waals surface area contributed by atoms with E-state index >= 15 is 0 Å². The van der Waals surface area contributed by atoms with E-state index in [4.69, 9.17) is 14.6 Å². The molecule has 2 amide bonds. The van der Waals surface area contributed by atoms with Crippen LogP contribution < -0.4 is 9.47 Å². The smallest absolute Gasteiger partial charge is 0.341 e. The van der Waals surface area contributed by atoms with Crippen LogP contribution in [-0.4, -0.2) is 46.9 Å². The Kier molecular flexibility index (Phi) is 5.86. The third-order valence-corrected chi connectivity index (χ3v) is 4.01. The van der Waals surface area contributed by atoms with Crippen LogP contribution in [-0.2, 0) is 9.59 Å². The maximum absolute atomic E-state index is 12.1. The normalized spacial score (nSPS) is 15.9. The minimum Gasteiger partial charge on any atom is -0.490 e. The van der Waals surface area contributed by atoms with Crippen molar-refractivity contribution in [3.05, 3.63) is 28.7 Å². The minimum atomic E-state index is -1.09. The number of likely N-dealkylation sites (N-methyl/N-ethyl adjacent to an activating group) is 1. The van der Waals surface area contributed by atoms with E-state index in [1.807, 2.05) is 0 Å². The Morgan fingerprint density at radius 3 is 2.58 bits per heavy atom. The summed E-state index contributed by atoms with van der Waals surface area (Å²) in [6.45, 7) is 3.75. The summed E-state index contributed by atoms with van der Waals surface area (Å²) in [7, 11) is 0. The van der Waals surface area contributed by atoms with Crippen molar-refractivity contribution in [2.45, 2.75) is 13.8 Å². The quantitative estimate of drug-likeness (QED) is 0.755. The second-order valence-electron chi connectivity index (χ2n) is 4.75. The lowest BCUT2D eigenvalue weighted by molar-refractivity contribution is -0.139. The van der Waals surface area contributed by atoms with E-state index in [0.29, 0.717) is 35.1 Å². The van der Waals surface area contributed by atoms with Crippen LogP contribution in [0, 0.1) is 0 Å². The lowest BCUT2D eigenvalue weighted by Crippen LogP contribution is -2.27. The second kappa shape index (κ2) is 7.87. The largest absolute Gasteiger partial charge is 0.490 e. The van der Waals surface area contributed by atoms with Crippen molar-refractivity contribution in [2.75, 3.05) is 19.8 Å². The molecule has 0 aromatic heterocycles. The number of imide groups is 1. The van der Waals surface area contributed by atoms with Gasteiger partial charge >= 0.3 is 5.97 Å². The van der Waals surface area contributed by atoms with Crippen LogP contribution in [0.25, 0.3) is 6.08 Å². The number of thioether (sulfide) groups is 1. The van der Waals surface area contributed by atoms with E-state index in [-0.39, 0.29) is 11.1 Å². The van der Waals surface area contributed by atoms with Crippen molar-refractivity contribution in [3.8, 4) is 11.5 Å². The molecule has 0 unspecified atom stereocenters. The molecule has 1 aromatic carbocycles. The molecule has 1 aliphatic heterocycles. The van der Waals surface area contributed by atoms with Gasteiger partial charge in [0.15, 0.2) is 18.1 Å². The minimum absolute atomic E-state index is 0.291. The highest BCUT2D eigenvalue weighted by Gasteiger charge is 2.33. The molecule has 1 saturated heterocycles. The summed E-state index contributed by atoms with van der Waals surface area (Å²) in [5.74, 6) is -0.730. The van der Waals surface area contributed by atoms with Crippen LogP contribution in [0.5, 0.6) is 11.5 Å². The maximum Gasteiger partial charge on any atom is 0.341 e. The summed E-state index contributed by atoms with van der Waals surface area (Å²) in [4.78, 5) is 35.9. The van der Waals surface area contributed by atoms with Crippen LogP contribution >= 0.6 is 11.8 Å². The Hall–Kier alpha value is -2.48. The molecule has 1 aromatic rings. The molecule has 0 bridgehead atoms. The van der Waals surface area contributed by atoms with Crippen LogP contribution in [0.4, 0.5) is 4.79 Å². The van der Waals surface area contributed by atoms with Gasteiger partial charge in [-0.2, -0.15) is 0 Å². The van der Waals surface area contributed by atoms with Crippen LogP contribution in [0.3, 0.4) is 0 Å². The maximum atomic E-state index is 12.1. The number of nitrogens with zero attached hydrogens (tertiary/aromatic N) is 1. The zero-order valence-corrected chi connectivity index (χ0v) is 14.1. The van der Waals surface area contributed by atoms with Crippen molar-refractivity contribution < 1.29 is 29.0 Å². The highest BCUT2D eigenvalue weighted by Crippen LogP contribution is 2.34. The van der Waals surface area contributed by atoms with Crippen molar-refractivity contribution in [1.29, 1.82) is 0 Å². The van der Waals surface area contributed by atoms with Gasteiger partial charge in [0.05, 0.1) is 11.5 Å². The Balaban J connectivity index is 2.26. The third-order valence-electron chi connectivity index (χ3n) is 3.11. The number of ether oxygens (including phenoxy) is 2. The fourth-order valence-electron chi connectivity index (χ4n) is 2.07. The van der Waals surface area contributed by atoms with Crippen molar-refractivity contribution in [2.24, 2.45) is 0 Å². The first kappa shape index (κ1) is 17.9. The first-order valence-electron chi connectivity index (χ1n) is 7.33. The summed E-state index contributed by atoms with van der Waals surface area (Å²) < 4.78 is 10.6. The average molecular weight is 351 g/mol. The monoisotopic (exact) mass is 351 g/mol. The van der Waals surface area contributed by atoms with Gasteiger partial charge in [-0.25, -0.2) is 4.79 Å². The van der Waals surface area contributed by atoms with Gasteiger partial charge in [0.25, 0.3) is 11.1 Å². The number of carboxylic acids is 1. The zero-order chi connectivity index (χ0) is 17.7. The number of carbonyl (C=O) groups is 3. The van der Waals surface area contributed by atoms with Gasteiger partial charge < -0.3 is 14.6 Å². The molecule has 0 atom stereocenters. The molecule has 0 spiro atoms. The summed E-state index contributed by atoms with van der Waals surface area (Å²) in [5.41, 5.74) is 0.655. The fourth-order valence-corrected chi connectivity index (χ4v) is 2.97. The van der Waals surface area contributed by atoms with Crippen LogP contribution in [0.15, 0.2) is 23.1 Å². The Morgan fingerprint density at radius 1 is 1.25 bits per heavy atom. The zero-order valence-electron chi connectivity index (χ0n) is 13.3. The number of hydrogen-bond acceptors (Lipinski definition) is 6. The van der Waals surface area contributed by atoms with Gasteiger partial charge in [0, 0.05) is 6.54 Å². The third kappa shape index (κ3) is 4.08. The number of carboxylic acid groups (broad SMARTS) is 1. The summed E-state index contributed by atoms with van der Waals surface area (Å²) >= 11 is 0.888. The predicted octanol–water partition coefficient (Wildman–Crippen LogP) is 2.60. The van der Waals surface area contributed by atoms with Crippen molar-refractivity contribution in [1.82, 2.24) is 4.90 Å². The van der Waals surface area contributed by atoms with Gasteiger partial charge in [-0.3, -0.25) is 14.5 Å². The van der Waals surface area contributed by atoms with E-state index in [9.17, 15) is 14.4 Å². The molecule has 2 rings (SSSR count). The van der Waals surface area contributed by atoms with Crippen LogP contribution in [0.2, 0.25) is 0 Å². The lowest BCUT2D eigenvalue weighted by atomic mass is 10.2. The molecule has 8 heteroatoms.